The topological polar surface area (TPSA) is 134 Å². The molecule has 4 fully saturated rings. The van der Waals surface area contributed by atoms with Gasteiger partial charge in [0, 0.05) is 39.7 Å². The number of nitrogens with zero attached hydrogens (tertiary/aromatic N) is 4. The lowest BCUT2D eigenvalue weighted by Crippen LogP contribution is -2.40. The van der Waals surface area contributed by atoms with Crippen LogP contribution in [0.1, 0.15) is 75.7 Å². The van der Waals surface area contributed by atoms with Gasteiger partial charge >= 0.3 is 5.69 Å². The number of benzodiazepines with no additional fused rings is 1. The summed E-state index contributed by atoms with van der Waals surface area (Å²) in [6.45, 7) is 5.11. The van der Waals surface area contributed by atoms with Crippen molar-refractivity contribution in [1.29, 1.82) is 0 Å². The number of carbonyl (C=O) groups excluding carboxylic acids is 1. The van der Waals surface area contributed by atoms with Crippen LogP contribution in [-0.4, -0.2) is 42.1 Å². The quantitative estimate of drug-likeness (QED) is 0.234. The van der Waals surface area contributed by atoms with Gasteiger partial charge in [0.15, 0.2) is 5.65 Å². The Labute approximate surface area is 281 Å². The predicted octanol–water partition coefficient (Wildman–Crippen LogP) is 5.89. The average molecular weight is 678 g/mol. The molecule has 3 unspecified atom stereocenters. The first-order valence-electron chi connectivity index (χ1n) is 16.5. The highest BCUT2D eigenvalue weighted by Gasteiger charge is 2.59. The summed E-state index contributed by atoms with van der Waals surface area (Å²) in [5.74, 6) is 2.75. The molecule has 2 aromatic heterocycles. The van der Waals surface area contributed by atoms with E-state index in [1.807, 2.05) is 6.92 Å². The summed E-state index contributed by atoms with van der Waals surface area (Å²) in [4.78, 5) is 50.1. The lowest BCUT2D eigenvalue weighted by atomic mass is 9.75. The van der Waals surface area contributed by atoms with Crippen LogP contribution >= 0.6 is 23.2 Å². The van der Waals surface area contributed by atoms with Gasteiger partial charge in [-0.15, -0.1) is 0 Å². The third-order valence-electron chi connectivity index (χ3n) is 10.3. The zero-order valence-electron chi connectivity index (χ0n) is 26.4. The average Bonchev–Trinajstić information content (AvgIpc) is 3.66. The van der Waals surface area contributed by atoms with E-state index in [9.17, 15) is 19.5 Å². The highest BCUT2D eigenvalue weighted by atomic mass is 35.5. The fourth-order valence-electron chi connectivity index (χ4n) is 8.57. The number of hydrogen-bond donors (Lipinski definition) is 3. The second kappa shape index (κ2) is 12.4. The minimum atomic E-state index is -1.50. The van der Waals surface area contributed by atoms with Gasteiger partial charge in [-0.25, -0.2) is 14.8 Å². The number of nitrogens with one attached hydrogen (secondary N) is 2. The van der Waals surface area contributed by atoms with Crippen molar-refractivity contribution >= 4 is 51.7 Å². The monoisotopic (exact) mass is 676 g/mol. The molecule has 4 saturated carbocycles. The molecule has 0 radical (unpaired) electrons. The number of rotatable bonds is 6. The Morgan fingerprint density at radius 3 is 2.34 bits per heavy atom. The van der Waals surface area contributed by atoms with Gasteiger partial charge in [-0.05, 0) is 87.0 Å². The first-order valence-corrected chi connectivity index (χ1v) is 17.2. The SMILES string of the molecule is CCCn1c(=O)c2[nH]c(C34CC5CC(CC3C5)C4)nc2n(CCC)c1=O.O=C1Nc2ccc(Cl)cc2C(c2ccccc2Cl)=NC1O. The number of hydrogen-bond acceptors (Lipinski definition) is 6. The molecule has 9 rings (SSSR count). The Morgan fingerprint density at radius 1 is 0.936 bits per heavy atom. The van der Waals surface area contributed by atoms with E-state index >= 15 is 0 Å². The fourth-order valence-corrected chi connectivity index (χ4v) is 8.97. The molecule has 4 aliphatic carbocycles. The summed E-state index contributed by atoms with van der Waals surface area (Å²) in [7, 11) is 0. The molecule has 3 heterocycles. The molecule has 0 spiro atoms. The molecule has 47 heavy (non-hydrogen) atoms. The zero-order chi connectivity index (χ0) is 33.0. The number of aliphatic imine (C=N–C) groups is 1. The number of H-pyrrole nitrogens is 1. The summed E-state index contributed by atoms with van der Waals surface area (Å²) in [6, 6.07) is 12.1. The lowest BCUT2D eigenvalue weighted by molar-refractivity contribution is -0.123. The highest BCUT2D eigenvalue weighted by Crippen LogP contribution is 2.65. The number of halogens is 2. The van der Waals surface area contributed by atoms with Gasteiger partial charge in [-0.3, -0.25) is 18.7 Å². The van der Waals surface area contributed by atoms with E-state index in [4.69, 9.17) is 28.2 Å². The van der Waals surface area contributed by atoms with Gasteiger partial charge in [-0.2, -0.15) is 0 Å². The molecule has 12 heteroatoms. The fraction of sp³-hybridized carbons (Fsp3) is 0.457. The van der Waals surface area contributed by atoms with Crippen LogP contribution in [-0.2, 0) is 23.3 Å². The van der Waals surface area contributed by atoms with Crippen molar-refractivity contribution in [3.8, 4) is 0 Å². The molecule has 1 aliphatic heterocycles. The maximum Gasteiger partial charge on any atom is 0.332 e. The summed E-state index contributed by atoms with van der Waals surface area (Å²) >= 11 is 12.2. The molecule has 0 saturated heterocycles. The number of aryl methyl sites for hydroxylation is 1. The largest absolute Gasteiger partial charge is 0.364 e. The summed E-state index contributed by atoms with van der Waals surface area (Å²) in [5.41, 5.74) is 3.00. The number of fused-ring (bicyclic) bond motifs is 2. The van der Waals surface area contributed by atoms with E-state index in [2.05, 4.69) is 22.2 Å². The van der Waals surface area contributed by atoms with Crippen LogP contribution in [0.25, 0.3) is 11.2 Å². The van der Waals surface area contributed by atoms with E-state index < -0.39 is 12.1 Å². The maximum absolute atomic E-state index is 13.0. The van der Waals surface area contributed by atoms with Gasteiger partial charge in [0.25, 0.3) is 11.5 Å². The van der Waals surface area contributed by atoms with Crippen LogP contribution in [0.5, 0.6) is 0 Å². The number of carbonyl (C=O) groups is 1. The van der Waals surface area contributed by atoms with Crippen molar-refractivity contribution in [2.24, 2.45) is 22.7 Å². The van der Waals surface area contributed by atoms with Crippen molar-refractivity contribution in [3.63, 3.8) is 0 Å². The molecule has 10 nitrogen and oxygen atoms in total. The van der Waals surface area contributed by atoms with E-state index in [0.717, 1.165) is 30.5 Å². The van der Waals surface area contributed by atoms with E-state index in [-0.39, 0.29) is 16.7 Å². The third-order valence-corrected chi connectivity index (χ3v) is 10.9. The molecule has 246 valence electrons. The Morgan fingerprint density at radius 2 is 1.64 bits per heavy atom. The molecule has 1 amide bonds. The molecule has 2 aromatic carbocycles. The number of aliphatic hydroxyl groups is 1. The van der Waals surface area contributed by atoms with E-state index in [1.54, 1.807) is 47.0 Å². The normalized spacial score (nSPS) is 25.6. The van der Waals surface area contributed by atoms with Gasteiger partial charge in [0.05, 0.1) is 11.4 Å². The van der Waals surface area contributed by atoms with E-state index in [1.165, 1.54) is 36.7 Å². The Kier molecular flexibility index (Phi) is 8.39. The number of anilines is 1. The number of imidazole rings is 1. The van der Waals surface area contributed by atoms with Crippen molar-refractivity contribution < 1.29 is 9.90 Å². The second-order valence-corrected chi connectivity index (χ2v) is 14.2. The lowest BCUT2D eigenvalue weighted by Gasteiger charge is -2.30. The highest BCUT2D eigenvalue weighted by molar-refractivity contribution is 6.37. The summed E-state index contributed by atoms with van der Waals surface area (Å²) in [5, 5.41) is 13.4. The predicted molar refractivity (Wildman–Crippen MR) is 184 cm³/mol. The Balaban J connectivity index is 0.000000153. The standard InChI is InChI=1S/C20H28N4O2.C15H10Cl2N2O2/c1-3-5-23-16-15(17(25)24(6-4-2)19(23)26)21-18(22-16)20-10-12-7-13(11-20)9-14(20)8-12;16-8-5-6-12-10(7-8)13(19-15(21)14(20)18-12)9-3-1-2-4-11(9)17/h12-14H,3-11H2,1-2H3,(H,21,22);1-7,15,21H,(H,18,20). The molecule has 5 aliphatic rings. The van der Waals surface area contributed by atoms with Crippen LogP contribution in [0.3, 0.4) is 0 Å². The van der Waals surface area contributed by atoms with Gasteiger partial charge < -0.3 is 15.4 Å². The molecule has 3 atom stereocenters. The number of aromatic nitrogens is 4. The Hall–Kier alpha value is -3.73. The third kappa shape index (κ3) is 5.44. The van der Waals surface area contributed by atoms with E-state index in [0.29, 0.717) is 62.7 Å². The Bertz CT molecular complexity index is 2020. The number of aromatic amines is 1. The van der Waals surface area contributed by atoms with Crippen molar-refractivity contribution in [2.45, 2.75) is 83.5 Å². The molecule has 4 bridgehead atoms. The zero-order valence-corrected chi connectivity index (χ0v) is 27.9. The summed E-state index contributed by atoms with van der Waals surface area (Å²) < 4.78 is 3.10. The number of aliphatic hydroxyl groups excluding tert-OH is 1. The second-order valence-electron chi connectivity index (χ2n) is 13.4. The smallest absolute Gasteiger partial charge is 0.332 e. The molecular weight excluding hydrogens is 639 g/mol. The van der Waals surface area contributed by atoms with Crippen molar-refractivity contribution in [1.82, 2.24) is 19.1 Å². The molecule has 3 N–H and O–H groups in total. The van der Waals surface area contributed by atoms with Gasteiger partial charge in [0.2, 0.25) is 6.23 Å². The number of benzene rings is 2. The molecular formula is C35H38Cl2N6O4. The summed E-state index contributed by atoms with van der Waals surface area (Å²) in [6.07, 6.45) is 6.53. The van der Waals surface area contributed by atoms with Crippen LogP contribution < -0.4 is 16.6 Å². The van der Waals surface area contributed by atoms with Gasteiger partial charge in [-0.1, -0.05) is 55.2 Å². The van der Waals surface area contributed by atoms with Crippen LogP contribution in [0.2, 0.25) is 10.0 Å². The minimum Gasteiger partial charge on any atom is -0.364 e. The first kappa shape index (κ1) is 31.8. The number of amides is 1. The van der Waals surface area contributed by atoms with Crippen molar-refractivity contribution in [3.05, 3.63) is 90.3 Å². The molecule has 4 aromatic rings. The van der Waals surface area contributed by atoms with Crippen LogP contribution in [0, 0.1) is 17.8 Å². The first-order chi connectivity index (χ1) is 22.6. The van der Waals surface area contributed by atoms with Gasteiger partial charge in [0.1, 0.15) is 11.3 Å². The van der Waals surface area contributed by atoms with Crippen LogP contribution in [0.4, 0.5) is 5.69 Å². The van der Waals surface area contributed by atoms with Crippen LogP contribution in [0.15, 0.2) is 57.0 Å². The maximum atomic E-state index is 13.0. The minimum absolute atomic E-state index is 0.127. The van der Waals surface area contributed by atoms with Crippen molar-refractivity contribution in [2.75, 3.05) is 5.32 Å².